The second-order valence-corrected chi connectivity index (χ2v) is 5.87. The summed E-state index contributed by atoms with van der Waals surface area (Å²) in [5, 5.41) is 0.480. The Morgan fingerprint density at radius 3 is 2.54 bits per heavy atom. The second kappa shape index (κ2) is 4.36. The Morgan fingerprint density at radius 1 is 1.38 bits per heavy atom. The van der Waals surface area contributed by atoms with Gasteiger partial charge in [0.15, 0.2) is 0 Å². The van der Waals surface area contributed by atoms with Gasteiger partial charge in [-0.15, -0.1) is 0 Å². The van der Waals surface area contributed by atoms with Crippen molar-refractivity contribution in [2.45, 2.75) is 50.8 Å². The number of nitrogens with zero attached hydrogens (tertiary/aromatic N) is 1. The maximum absolute atomic E-state index is 5.96. The molecule has 76 valence electrons. The van der Waals surface area contributed by atoms with Gasteiger partial charge < -0.3 is 5.73 Å². The van der Waals surface area contributed by atoms with E-state index in [1.807, 2.05) is 11.8 Å². The number of hydrogen-bond donors (Lipinski definition) is 1. The van der Waals surface area contributed by atoms with Crippen molar-refractivity contribution in [2.75, 3.05) is 5.75 Å². The van der Waals surface area contributed by atoms with Gasteiger partial charge in [0.25, 0.3) is 0 Å². The Balaban J connectivity index is 2.54. The number of amidine groups is 1. The SMILES string of the molecule is CC(C)(C)N=C(N)C1CCCCS1. The summed E-state index contributed by atoms with van der Waals surface area (Å²) in [7, 11) is 0. The number of hydrogen-bond acceptors (Lipinski definition) is 2. The molecule has 0 radical (unpaired) electrons. The molecule has 0 bridgehead atoms. The van der Waals surface area contributed by atoms with Crippen molar-refractivity contribution in [3.63, 3.8) is 0 Å². The molecule has 0 aromatic carbocycles. The Labute approximate surface area is 85.4 Å². The van der Waals surface area contributed by atoms with E-state index in [0.717, 1.165) is 5.84 Å². The van der Waals surface area contributed by atoms with E-state index >= 15 is 0 Å². The molecule has 1 aliphatic heterocycles. The summed E-state index contributed by atoms with van der Waals surface area (Å²) >= 11 is 1.96. The molecule has 0 aromatic rings. The van der Waals surface area contributed by atoms with E-state index in [2.05, 4.69) is 25.8 Å². The molecule has 1 unspecified atom stereocenters. The molecule has 0 saturated carbocycles. The maximum Gasteiger partial charge on any atom is 0.108 e. The molecule has 2 N–H and O–H groups in total. The standard InChI is InChI=1S/C10H20N2S/c1-10(2,3)12-9(11)8-6-4-5-7-13-8/h8H,4-7H2,1-3H3,(H2,11,12). The summed E-state index contributed by atoms with van der Waals surface area (Å²) in [5.74, 6) is 2.09. The molecule has 0 aromatic heterocycles. The summed E-state index contributed by atoms with van der Waals surface area (Å²) < 4.78 is 0. The van der Waals surface area contributed by atoms with Gasteiger partial charge in [0.1, 0.15) is 5.84 Å². The van der Waals surface area contributed by atoms with Gasteiger partial charge in [-0.25, -0.2) is 0 Å². The van der Waals surface area contributed by atoms with E-state index in [1.165, 1.54) is 25.0 Å². The smallest absolute Gasteiger partial charge is 0.108 e. The van der Waals surface area contributed by atoms with Crippen LogP contribution in [0.1, 0.15) is 40.0 Å². The summed E-state index contributed by atoms with van der Waals surface area (Å²) in [5.41, 5.74) is 5.94. The van der Waals surface area contributed by atoms with Crippen LogP contribution in [0.2, 0.25) is 0 Å². The van der Waals surface area contributed by atoms with Gasteiger partial charge in [-0.1, -0.05) is 6.42 Å². The van der Waals surface area contributed by atoms with Crippen LogP contribution in [0.15, 0.2) is 4.99 Å². The Morgan fingerprint density at radius 2 is 2.08 bits per heavy atom. The Bertz CT molecular complexity index is 188. The van der Waals surface area contributed by atoms with E-state index in [4.69, 9.17) is 5.73 Å². The van der Waals surface area contributed by atoms with Crippen LogP contribution < -0.4 is 5.73 Å². The van der Waals surface area contributed by atoms with Crippen molar-refractivity contribution in [3.8, 4) is 0 Å². The van der Waals surface area contributed by atoms with Gasteiger partial charge in [-0.05, 0) is 39.4 Å². The van der Waals surface area contributed by atoms with E-state index in [9.17, 15) is 0 Å². The molecule has 3 heteroatoms. The van der Waals surface area contributed by atoms with Crippen molar-refractivity contribution in [1.29, 1.82) is 0 Å². The normalized spacial score (nSPS) is 26.1. The third-order valence-corrected chi connectivity index (χ3v) is 3.38. The van der Waals surface area contributed by atoms with Gasteiger partial charge in [-0.3, -0.25) is 4.99 Å². The largest absolute Gasteiger partial charge is 0.387 e. The molecule has 13 heavy (non-hydrogen) atoms. The van der Waals surface area contributed by atoms with Gasteiger partial charge in [0, 0.05) is 0 Å². The fourth-order valence-corrected chi connectivity index (χ4v) is 2.65. The van der Waals surface area contributed by atoms with Crippen molar-refractivity contribution in [2.24, 2.45) is 10.7 Å². The first-order chi connectivity index (χ1) is 5.99. The molecular formula is C10H20N2S. The minimum Gasteiger partial charge on any atom is -0.387 e. The topological polar surface area (TPSA) is 38.4 Å². The highest BCUT2D eigenvalue weighted by atomic mass is 32.2. The minimum atomic E-state index is -0.0257. The molecule has 0 amide bonds. The lowest BCUT2D eigenvalue weighted by Crippen LogP contribution is -2.31. The number of thioether (sulfide) groups is 1. The van der Waals surface area contributed by atoms with Gasteiger partial charge in [-0.2, -0.15) is 11.8 Å². The van der Waals surface area contributed by atoms with E-state index in [1.54, 1.807) is 0 Å². The fraction of sp³-hybridized carbons (Fsp3) is 0.900. The predicted octanol–water partition coefficient (Wildman–Crippen LogP) is 2.43. The van der Waals surface area contributed by atoms with Crippen molar-refractivity contribution < 1.29 is 0 Å². The number of nitrogens with two attached hydrogens (primary N) is 1. The first kappa shape index (κ1) is 10.9. The van der Waals surface area contributed by atoms with Crippen LogP contribution in [0.25, 0.3) is 0 Å². The maximum atomic E-state index is 5.96. The van der Waals surface area contributed by atoms with Crippen LogP contribution in [0, 0.1) is 0 Å². The van der Waals surface area contributed by atoms with Gasteiger partial charge in [0.2, 0.25) is 0 Å². The van der Waals surface area contributed by atoms with Crippen LogP contribution in [-0.4, -0.2) is 22.4 Å². The van der Waals surface area contributed by atoms with Crippen LogP contribution in [0.4, 0.5) is 0 Å². The van der Waals surface area contributed by atoms with Crippen LogP contribution in [-0.2, 0) is 0 Å². The quantitative estimate of drug-likeness (QED) is 0.521. The average Bonchev–Trinajstić information content (AvgIpc) is 2.03. The summed E-state index contributed by atoms with van der Waals surface area (Å²) in [6, 6.07) is 0. The van der Waals surface area contributed by atoms with E-state index < -0.39 is 0 Å². The Hall–Kier alpha value is -0.180. The van der Waals surface area contributed by atoms with Crippen molar-refractivity contribution in [1.82, 2.24) is 0 Å². The lowest BCUT2D eigenvalue weighted by Gasteiger charge is -2.23. The average molecular weight is 200 g/mol. The molecule has 1 atom stereocenters. The molecule has 1 rings (SSSR count). The Kier molecular flexibility index (Phi) is 3.65. The molecule has 1 fully saturated rings. The highest BCUT2D eigenvalue weighted by Crippen LogP contribution is 2.25. The highest BCUT2D eigenvalue weighted by molar-refractivity contribution is 8.00. The van der Waals surface area contributed by atoms with Crippen LogP contribution >= 0.6 is 11.8 Å². The molecular weight excluding hydrogens is 180 g/mol. The lowest BCUT2D eigenvalue weighted by atomic mass is 10.1. The highest BCUT2D eigenvalue weighted by Gasteiger charge is 2.19. The molecule has 1 saturated heterocycles. The van der Waals surface area contributed by atoms with Crippen LogP contribution in [0.3, 0.4) is 0 Å². The lowest BCUT2D eigenvalue weighted by molar-refractivity contribution is 0.579. The third kappa shape index (κ3) is 4.03. The van der Waals surface area contributed by atoms with Gasteiger partial charge in [0.05, 0.1) is 10.8 Å². The summed E-state index contributed by atoms with van der Waals surface area (Å²) in [6.45, 7) is 6.27. The fourth-order valence-electron chi connectivity index (χ4n) is 1.43. The van der Waals surface area contributed by atoms with Crippen molar-refractivity contribution >= 4 is 17.6 Å². The molecule has 1 aliphatic rings. The van der Waals surface area contributed by atoms with Gasteiger partial charge >= 0.3 is 0 Å². The molecule has 2 nitrogen and oxygen atoms in total. The second-order valence-electron chi connectivity index (χ2n) is 4.56. The zero-order valence-corrected chi connectivity index (χ0v) is 9.66. The first-order valence-electron chi connectivity index (χ1n) is 4.96. The molecule has 1 heterocycles. The van der Waals surface area contributed by atoms with E-state index in [0.29, 0.717) is 5.25 Å². The van der Waals surface area contributed by atoms with Crippen molar-refractivity contribution in [3.05, 3.63) is 0 Å². The third-order valence-electron chi connectivity index (χ3n) is 1.97. The summed E-state index contributed by atoms with van der Waals surface area (Å²) in [6.07, 6.45) is 3.85. The number of rotatable bonds is 1. The minimum absolute atomic E-state index is 0.0257. The zero-order chi connectivity index (χ0) is 9.90. The predicted molar refractivity (Wildman–Crippen MR) is 61.5 cm³/mol. The number of aliphatic imine (C=N–C) groups is 1. The monoisotopic (exact) mass is 200 g/mol. The molecule has 0 spiro atoms. The van der Waals surface area contributed by atoms with Crippen LogP contribution in [0.5, 0.6) is 0 Å². The van der Waals surface area contributed by atoms with E-state index in [-0.39, 0.29) is 5.54 Å². The first-order valence-corrected chi connectivity index (χ1v) is 6.01. The zero-order valence-electron chi connectivity index (χ0n) is 8.84. The summed E-state index contributed by atoms with van der Waals surface area (Å²) in [4.78, 5) is 4.51. The molecule has 0 aliphatic carbocycles.